The van der Waals surface area contributed by atoms with Crippen LogP contribution in [-0.2, 0) is 9.47 Å². The lowest BCUT2D eigenvalue weighted by Crippen LogP contribution is -2.46. The summed E-state index contributed by atoms with van der Waals surface area (Å²) in [5.74, 6) is -0.464. The van der Waals surface area contributed by atoms with Gasteiger partial charge in [0.05, 0.1) is 13.2 Å². The highest BCUT2D eigenvalue weighted by molar-refractivity contribution is 5.15. The van der Waals surface area contributed by atoms with E-state index in [4.69, 9.17) is 15.2 Å². The van der Waals surface area contributed by atoms with Crippen LogP contribution in [0.4, 0.5) is 0 Å². The van der Waals surface area contributed by atoms with E-state index in [0.29, 0.717) is 44.6 Å². The van der Waals surface area contributed by atoms with Gasteiger partial charge in [0.25, 0.3) is 0 Å². The Bertz CT molecular complexity index is 338. The molecule has 1 saturated carbocycles. The zero-order chi connectivity index (χ0) is 13.2. The summed E-state index contributed by atoms with van der Waals surface area (Å²) in [6.45, 7) is 5.27. The van der Waals surface area contributed by atoms with Crippen molar-refractivity contribution in [1.29, 1.82) is 0 Å². The van der Waals surface area contributed by atoms with Gasteiger partial charge in [-0.2, -0.15) is 0 Å². The molecule has 1 aliphatic carbocycles. The predicted octanol–water partition coefficient (Wildman–Crippen LogP) is 0.910. The van der Waals surface area contributed by atoms with Gasteiger partial charge < -0.3 is 25.2 Å². The number of nitrogens with two attached hydrogens (primary N) is 1. The lowest BCUT2D eigenvalue weighted by atomic mass is 9.79. The number of hydrogen-bond acceptors (Lipinski definition) is 5. The molecule has 0 bridgehead atoms. The highest BCUT2D eigenvalue weighted by Gasteiger charge is 2.47. The van der Waals surface area contributed by atoms with E-state index in [0.717, 1.165) is 0 Å². The molecule has 0 amide bonds. The van der Waals surface area contributed by atoms with Crippen LogP contribution < -0.4 is 5.73 Å². The normalized spacial score (nSPS) is 25.7. The molecule has 0 radical (unpaired) electrons. The molecular formula is C13H22N2O3. The molecular weight excluding hydrogens is 232 g/mol. The van der Waals surface area contributed by atoms with E-state index in [1.165, 1.54) is 6.20 Å². The second-order valence-electron chi connectivity index (χ2n) is 5.04. The molecule has 0 aromatic carbocycles. The van der Waals surface area contributed by atoms with Crippen molar-refractivity contribution in [1.82, 2.24) is 4.90 Å². The van der Waals surface area contributed by atoms with Crippen molar-refractivity contribution in [3.05, 3.63) is 24.7 Å². The smallest absolute Gasteiger partial charge is 0.168 e. The average molecular weight is 254 g/mol. The Morgan fingerprint density at radius 3 is 2.33 bits per heavy atom. The largest absolute Gasteiger partial charge is 0.403 e. The third-order valence-corrected chi connectivity index (χ3v) is 3.93. The van der Waals surface area contributed by atoms with Gasteiger partial charge in [0, 0.05) is 38.0 Å². The second kappa shape index (κ2) is 4.91. The monoisotopic (exact) mass is 254 g/mol. The maximum Gasteiger partial charge on any atom is 0.168 e. The zero-order valence-corrected chi connectivity index (χ0v) is 10.9. The summed E-state index contributed by atoms with van der Waals surface area (Å²) in [7, 11) is 1.83. The van der Waals surface area contributed by atoms with Crippen LogP contribution in [-0.4, -0.2) is 41.7 Å². The van der Waals surface area contributed by atoms with Gasteiger partial charge in [0.2, 0.25) is 0 Å². The Balaban J connectivity index is 2.00. The van der Waals surface area contributed by atoms with Gasteiger partial charge in [-0.25, -0.2) is 0 Å². The van der Waals surface area contributed by atoms with Gasteiger partial charge in [0.15, 0.2) is 5.79 Å². The van der Waals surface area contributed by atoms with Crippen molar-refractivity contribution >= 4 is 0 Å². The Kier molecular flexibility index (Phi) is 3.66. The fourth-order valence-electron chi connectivity index (χ4n) is 2.67. The molecule has 5 nitrogen and oxygen atoms in total. The fourth-order valence-corrected chi connectivity index (χ4v) is 2.67. The summed E-state index contributed by atoms with van der Waals surface area (Å²) in [6.07, 6.45) is 5.70. The summed E-state index contributed by atoms with van der Waals surface area (Å²) in [5, 5.41) is 10.7. The van der Waals surface area contributed by atoms with Crippen molar-refractivity contribution in [3.63, 3.8) is 0 Å². The third-order valence-electron chi connectivity index (χ3n) is 3.93. The molecule has 5 heteroatoms. The zero-order valence-electron chi connectivity index (χ0n) is 10.9. The molecule has 2 fully saturated rings. The quantitative estimate of drug-likeness (QED) is 0.783. The van der Waals surface area contributed by atoms with Crippen LogP contribution >= 0.6 is 0 Å². The van der Waals surface area contributed by atoms with Crippen LogP contribution in [0.5, 0.6) is 0 Å². The molecule has 1 aliphatic heterocycles. The molecule has 0 aromatic heterocycles. The number of rotatable bonds is 3. The lowest BCUT2D eigenvalue weighted by molar-refractivity contribution is -0.198. The van der Waals surface area contributed by atoms with Crippen molar-refractivity contribution in [2.45, 2.75) is 37.1 Å². The minimum Gasteiger partial charge on any atom is -0.403 e. The summed E-state index contributed by atoms with van der Waals surface area (Å²) in [4.78, 5) is 1.76. The Morgan fingerprint density at radius 2 is 1.83 bits per heavy atom. The lowest BCUT2D eigenvalue weighted by Gasteiger charge is -2.43. The summed E-state index contributed by atoms with van der Waals surface area (Å²) in [5.41, 5.74) is 5.12. The van der Waals surface area contributed by atoms with Gasteiger partial charge in [-0.1, -0.05) is 6.58 Å². The van der Waals surface area contributed by atoms with Gasteiger partial charge in [-0.3, -0.25) is 0 Å². The molecule has 1 heterocycles. The number of hydrogen-bond donors (Lipinski definition) is 2. The average Bonchev–Trinajstić information content (AvgIpc) is 2.82. The molecule has 2 aliphatic rings. The van der Waals surface area contributed by atoms with E-state index >= 15 is 0 Å². The summed E-state index contributed by atoms with van der Waals surface area (Å²) in [6, 6.07) is 0. The van der Waals surface area contributed by atoms with Gasteiger partial charge in [-0.05, 0) is 12.8 Å². The molecule has 102 valence electrons. The minimum atomic E-state index is -0.894. The van der Waals surface area contributed by atoms with Crippen LogP contribution in [0.25, 0.3) is 0 Å². The maximum absolute atomic E-state index is 10.7. The van der Waals surface area contributed by atoms with E-state index in [1.54, 1.807) is 11.1 Å². The Hall–Kier alpha value is -1.04. The minimum absolute atomic E-state index is 0.464. The number of nitrogens with zero attached hydrogens (tertiary/aromatic N) is 1. The van der Waals surface area contributed by atoms with Crippen molar-refractivity contribution in [3.8, 4) is 0 Å². The Morgan fingerprint density at radius 1 is 1.28 bits per heavy atom. The second-order valence-corrected chi connectivity index (χ2v) is 5.04. The fraction of sp³-hybridized carbons (Fsp3) is 0.692. The van der Waals surface area contributed by atoms with Crippen molar-refractivity contribution < 1.29 is 14.6 Å². The Labute approximate surface area is 108 Å². The van der Waals surface area contributed by atoms with Gasteiger partial charge in [0.1, 0.15) is 5.60 Å². The van der Waals surface area contributed by atoms with E-state index in [1.807, 2.05) is 7.05 Å². The van der Waals surface area contributed by atoms with E-state index in [-0.39, 0.29) is 0 Å². The molecule has 0 unspecified atom stereocenters. The van der Waals surface area contributed by atoms with Crippen LogP contribution in [0.2, 0.25) is 0 Å². The first-order valence-electron chi connectivity index (χ1n) is 6.32. The van der Waals surface area contributed by atoms with Crippen LogP contribution in [0, 0.1) is 0 Å². The van der Waals surface area contributed by atoms with Crippen LogP contribution in [0.3, 0.4) is 0 Å². The first-order chi connectivity index (χ1) is 8.51. The van der Waals surface area contributed by atoms with Crippen LogP contribution in [0.15, 0.2) is 24.7 Å². The van der Waals surface area contributed by atoms with Crippen molar-refractivity contribution in [2.75, 3.05) is 20.3 Å². The SMILES string of the molecule is C=C(N(C)/C=C\N)C1(O)CCC2(CC1)OCCO2. The van der Waals surface area contributed by atoms with E-state index in [2.05, 4.69) is 6.58 Å². The van der Waals surface area contributed by atoms with Gasteiger partial charge >= 0.3 is 0 Å². The number of ether oxygens (including phenoxy) is 2. The van der Waals surface area contributed by atoms with E-state index < -0.39 is 11.4 Å². The molecule has 3 N–H and O–H groups in total. The molecule has 1 spiro atoms. The van der Waals surface area contributed by atoms with Gasteiger partial charge in [-0.15, -0.1) is 0 Å². The highest BCUT2D eigenvalue weighted by atomic mass is 16.7. The number of aliphatic hydroxyl groups is 1. The predicted molar refractivity (Wildman–Crippen MR) is 68.3 cm³/mol. The summed E-state index contributed by atoms with van der Waals surface area (Å²) < 4.78 is 11.3. The standard InChI is InChI=1S/C13H22N2O3/c1-11(15(2)8-7-14)12(16)3-5-13(6-4-12)17-9-10-18-13/h7-8,16H,1,3-6,9-10,14H2,2H3/b8-7-. The molecule has 1 saturated heterocycles. The first kappa shape index (κ1) is 13.4. The first-order valence-corrected chi connectivity index (χ1v) is 6.32. The topological polar surface area (TPSA) is 68.0 Å². The van der Waals surface area contributed by atoms with Crippen LogP contribution in [0.1, 0.15) is 25.7 Å². The highest BCUT2D eigenvalue weighted by Crippen LogP contribution is 2.43. The molecule has 18 heavy (non-hydrogen) atoms. The van der Waals surface area contributed by atoms with Crippen molar-refractivity contribution in [2.24, 2.45) is 5.73 Å². The molecule has 0 atom stereocenters. The molecule has 2 rings (SSSR count). The van der Waals surface area contributed by atoms with E-state index in [9.17, 15) is 5.11 Å². The molecule has 0 aromatic rings. The maximum atomic E-state index is 10.7. The summed E-state index contributed by atoms with van der Waals surface area (Å²) >= 11 is 0. The number of likely N-dealkylation sites (N-methyl/N-ethyl adjacent to an activating group) is 1. The third kappa shape index (κ3) is 2.39.